The van der Waals surface area contributed by atoms with Crippen LogP contribution in [0, 0.1) is 0 Å². The smallest absolute Gasteiger partial charge is 0.213 e. The number of hydrogen-bond donors (Lipinski definition) is 0. The second-order valence-corrected chi connectivity index (χ2v) is 8.50. The van der Waals surface area contributed by atoms with E-state index in [0.717, 1.165) is 42.2 Å². The van der Waals surface area contributed by atoms with Gasteiger partial charge < -0.3 is 9.47 Å². The first-order chi connectivity index (χ1) is 15.8. The minimum absolute atomic E-state index is 0.176. The second-order valence-electron chi connectivity index (χ2n) is 8.50. The highest BCUT2D eigenvalue weighted by atomic mass is 16.5. The number of rotatable bonds is 8. The van der Waals surface area contributed by atoms with Gasteiger partial charge in [0.1, 0.15) is 11.5 Å². The van der Waals surface area contributed by atoms with Crippen molar-refractivity contribution in [1.82, 2.24) is 5.01 Å². The van der Waals surface area contributed by atoms with Gasteiger partial charge in [0, 0.05) is 17.5 Å². The van der Waals surface area contributed by atoms with Crippen molar-refractivity contribution in [1.29, 1.82) is 0 Å². The molecule has 2 aliphatic heterocycles. The second kappa shape index (κ2) is 9.47. The van der Waals surface area contributed by atoms with E-state index < -0.39 is 0 Å². The Labute approximate surface area is 190 Å². The number of benzene rings is 3. The first-order valence-corrected chi connectivity index (χ1v) is 11.7. The monoisotopic (exact) mass is 426 g/mol. The Hall–Kier alpha value is -3.27. The Morgan fingerprint density at radius 3 is 2.50 bits per heavy atom. The molecule has 32 heavy (non-hydrogen) atoms. The van der Waals surface area contributed by atoms with Crippen molar-refractivity contribution in [2.24, 2.45) is 5.10 Å². The maximum atomic E-state index is 6.46. The molecule has 164 valence electrons. The Bertz CT molecular complexity index is 1060. The molecule has 5 rings (SSSR count). The number of unbranched alkanes of at least 4 members (excludes halogenated alkanes) is 3. The summed E-state index contributed by atoms with van der Waals surface area (Å²) in [5, 5.41) is 7.16. The summed E-state index contributed by atoms with van der Waals surface area (Å²) >= 11 is 0. The van der Waals surface area contributed by atoms with Gasteiger partial charge in [-0.1, -0.05) is 74.7 Å². The topological polar surface area (TPSA) is 34.1 Å². The predicted octanol–water partition coefficient (Wildman–Crippen LogP) is 6.89. The number of hydrogen-bond acceptors (Lipinski definition) is 4. The van der Waals surface area contributed by atoms with Gasteiger partial charge in [0.05, 0.1) is 18.4 Å². The average molecular weight is 427 g/mol. The van der Waals surface area contributed by atoms with Gasteiger partial charge in [-0.2, -0.15) is 5.10 Å². The quantitative estimate of drug-likeness (QED) is 0.368. The van der Waals surface area contributed by atoms with Gasteiger partial charge in [-0.25, -0.2) is 5.01 Å². The number of para-hydroxylation sites is 1. The molecule has 0 aromatic heterocycles. The molecule has 0 unspecified atom stereocenters. The van der Waals surface area contributed by atoms with E-state index in [1.165, 1.54) is 30.4 Å². The van der Waals surface area contributed by atoms with E-state index in [-0.39, 0.29) is 12.3 Å². The maximum Gasteiger partial charge on any atom is 0.213 e. The highest BCUT2D eigenvalue weighted by molar-refractivity contribution is 6.01. The maximum absolute atomic E-state index is 6.46. The Balaban J connectivity index is 1.38. The summed E-state index contributed by atoms with van der Waals surface area (Å²) in [5.74, 6) is 1.85. The van der Waals surface area contributed by atoms with E-state index in [2.05, 4.69) is 66.5 Å². The van der Waals surface area contributed by atoms with Gasteiger partial charge in [-0.15, -0.1) is 0 Å². The first-order valence-electron chi connectivity index (χ1n) is 11.7. The molecule has 2 aliphatic rings. The zero-order chi connectivity index (χ0) is 21.8. The summed E-state index contributed by atoms with van der Waals surface area (Å²) in [6, 6.07) is 27.3. The Morgan fingerprint density at radius 1 is 0.906 bits per heavy atom. The Kier molecular flexibility index (Phi) is 6.11. The number of hydrazone groups is 1. The summed E-state index contributed by atoms with van der Waals surface area (Å²) in [5.41, 5.74) is 4.56. The van der Waals surface area contributed by atoms with Crippen LogP contribution in [0.15, 0.2) is 84.0 Å². The van der Waals surface area contributed by atoms with Crippen LogP contribution in [0.2, 0.25) is 0 Å². The molecule has 0 amide bonds. The lowest BCUT2D eigenvalue weighted by atomic mass is 9.96. The van der Waals surface area contributed by atoms with Crippen molar-refractivity contribution in [3.8, 4) is 11.5 Å². The normalized spacial score (nSPS) is 19.0. The third-order valence-electron chi connectivity index (χ3n) is 6.24. The van der Waals surface area contributed by atoms with Crippen LogP contribution in [0.3, 0.4) is 0 Å². The largest absolute Gasteiger partial charge is 0.494 e. The van der Waals surface area contributed by atoms with E-state index in [4.69, 9.17) is 14.6 Å². The van der Waals surface area contributed by atoms with Crippen LogP contribution in [-0.2, 0) is 0 Å². The van der Waals surface area contributed by atoms with Crippen molar-refractivity contribution in [3.63, 3.8) is 0 Å². The van der Waals surface area contributed by atoms with Crippen LogP contribution in [0.25, 0.3) is 0 Å². The summed E-state index contributed by atoms with van der Waals surface area (Å²) in [4.78, 5) is 0. The van der Waals surface area contributed by atoms with Gasteiger partial charge in [-0.05, 0) is 42.3 Å². The van der Waals surface area contributed by atoms with Gasteiger partial charge in [0.15, 0.2) is 0 Å². The number of nitrogens with zero attached hydrogens (tertiary/aromatic N) is 2. The van der Waals surface area contributed by atoms with Crippen molar-refractivity contribution in [3.05, 3.63) is 95.6 Å². The molecule has 0 aliphatic carbocycles. The first kappa shape index (κ1) is 20.6. The summed E-state index contributed by atoms with van der Waals surface area (Å²) in [7, 11) is 0. The van der Waals surface area contributed by atoms with Crippen molar-refractivity contribution < 1.29 is 9.47 Å². The van der Waals surface area contributed by atoms with Crippen LogP contribution in [0.5, 0.6) is 11.5 Å². The van der Waals surface area contributed by atoms with Crippen molar-refractivity contribution >= 4 is 5.71 Å². The van der Waals surface area contributed by atoms with Gasteiger partial charge in [-0.3, -0.25) is 0 Å². The number of fused-ring (bicyclic) bond motifs is 3. The van der Waals surface area contributed by atoms with E-state index in [0.29, 0.717) is 0 Å². The van der Waals surface area contributed by atoms with Gasteiger partial charge in [0.25, 0.3) is 0 Å². The van der Waals surface area contributed by atoms with Crippen molar-refractivity contribution in [2.75, 3.05) is 6.61 Å². The summed E-state index contributed by atoms with van der Waals surface area (Å²) < 4.78 is 12.4. The minimum atomic E-state index is -0.255. The minimum Gasteiger partial charge on any atom is -0.494 e. The van der Waals surface area contributed by atoms with Crippen LogP contribution in [-0.4, -0.2) is 17.3 Å². The third kappa shape index (κ3) is 4.22. The lowest BCUT2D eigenvalue weighted by Gasteiger charge is -2.38. The fourth-order valence-corrected chi connectivity index (χ4v) is 4.51. The van der Waals surface area contributed by atoms with Crippen LogP contribution < -0.4 is 9.47 Å². The molecular formula is C28H30N2O2. The fraction of sp³-hybridized carbons (Fsp3) is 0.321. The van der Waals surface area contributed by atoms with Crippen LogP contribution in [0.4, 0.5) is 0 Å². The molecule has 0 saturated carbocycles. The highest BCUT2D eigenvalue weighted by Crippen LogP contribution is 2.47. The lowest BCUT2D eigenvalue weighted by molar-refractivity contribution is -0.0190. The molecule has 4 nitrogen and oxygen atoms in total. The van der Waals surface area contributed by atoms with Gasteiger partial charge >= 0.3 is 0 Å². The SMILES string of the molecule is CCCCCCOc1ccc([C@H]2Oc3ccccc3[C@@H]3CC(c4ccccc4)=NN23)cc1. The van der Waals surface area contributed by atoms with Crippen molar-refractivity contribution in [2.45, 2.75) is 51.3 Å². The molecule has 0 radical (unpaired) electrons. The molecule has 0 bridgehead atoms. The summed E-state index contributed by atoms with van der Waals surface area (Å²) in [6.07, 6.45) is 5.46. The third-order valence-corrected chi connectivity index (χ3v) is 6.24. The standard InChI is InChI=1S/C28H30N2O2/c1-2-3-4-10-19-31-23-17-15-22(16-18-23)28-30-26(24-13-8-9-14-27(24)32-28)20-25(29-30)21-11-6-5-7-12-21/h5-9,11-18,26,28H,2-4,10,19-20H2,1H3/t26-,28+/m0/s1. The van der Waals surface area contributed by atoms with E-state index in [1.807, 2.05) is 24.3 Å². The zero-order valence-electron chi connectivity index (χ0n) is 18.6. The number of ether oxygens (including phenoxy) is 2. The zero-order valence-corrected chi connectivity index (χ0v) is 18.6. The van der Waals surface area contributed by atoms with E-state index in [1.54, 1.807) is 0 Å². The van der Waals surface area contributed by atoms with Crippen LogP contribution in [0.1, 0.15) is 68.0 Å². The van der Waals surface area contributed by atoms with Crippen LogP contribution >= 0.6 is 0 Å². The molecule has 4 heteroatoms. The molecule has 0 saturated heterocycles. The predicted molar refractivity (Wildman–Crippen MR) is 128 cm³/mol. The van der Waals surface area contributed by atoms with E-state index in [9.17, 15) is 0 Å². The highest BCUT2D eigenvalue weighted by Gasteiger charge is 2.40. The molecule has 3 aromatic carbocycles. The average Bonchev–Trinajstić information content (AvgIpc) is 3.30. The summed E-state index contributed by atoms with van der Waals surface area (Å²) in [6.45, 7) is 2.99. The fourth-order valence-electron chi connectivity index (χ4n) is 4.51. The molecule has 2 atom stereocenters. The molecule has 0 N–H and O–H groups in total. The molecule has 2 heterocycles. The molecule has 3 aromatic rings. The van der Waals surface area contributed by atoms with E-state index >= 15 is 0 Å². The molecule has 0 fully saturated rings. The Morgan fingerprint density at radius 2 is 1.69 bits per heavy atom. The molecule has 0 spiro atoms. The molecular weight excluding hydrogens is 396 g/mol. The van der Waals surface area contributed by atoms with Gasteiger partial charge in [0.2, 0.25) is 6.23 Å². The lowest BCUT2D eigenvalue weighted by Crippen LogP contribution is -2.33.